The van der Waals surface area contributed by atoms with Crippen LogP contribution in [0.3, 0.4) is 0 Å². The molecule has 0 aliphatic heterocycles. The number of halogens is 1. The lowest BCUT2D eigenvalue weighted by atomic mass is 10.4. The fourth-order valence-electron chi connectivity index (χ4n) is 1.25. The number of hydrogen-bond acceptors (Lipinski definition) is 4. The molecule has 0 saturated heterocycles. The Morgan fingerprint density at radius 1 is 1.06 bits per heavy atom. The summed E-state index contributed by atoms with van der Waals surface area (Å²) in [5, 5.41) is 0. The molecule has 8 heteroatoms. The molecule has 1 aromatic carbocycles. The van der Waals surface area contributed by atoms with E-state index in [9.17, 15) is 16.8 Å². The average Bonchev–Trinajstić information content (AvgIpc) is 2.14. The predicted octanol–water partition coefficient (Wildman–Crippen LogP) is 1.30. The van der Waals surface area contributed by atoms with Gasteiger partial charge in [0.25, 0.3) is 9.05 Å². The molecule has 0 fully saturated rings. The van der Waals surface area contributed by atoms with Gasteiger partial charge < -0.3 is 0 Å². The Morgan fingerprint density at radius 3 is 1.94 bits per heavy atom. The second-order valence-electron chi connectivity index (χ2n) is 3.66. The van der Waals surface area contributed by atoms with E-state index in [-0.39, 0.29) is 10.9 Å². The van der Waals surface area contributed by atoms with Gasteiger partial charge in [-0.25, -0.2) is 21.6 Å². The van der Waals surface area contributed by atoms with Gasteiger partial charge in [0.1, 0.15) is 9.79 Å². The number of nitrogens with one attached hydrogen (secondary N) is 1. The molecule has 0 bridgehead atoms. The summed E-state index contributed by atoms with van der Waals surface area (Å²) in [5.74, 6) is 0. The van der Waals surface area contributed by atoms with E-state index < -0.39 is 24.0 Å². The van der Waals surface area contributed by atoms with Crippen molar-refractivity contribution in [2.75, 3.05) is 0 Å². The summed E-state index contributed by atoms with van der Waals surface area (Å²) in [4.78, 5) is -0.765. The molecule has 0 heterocycles. The molecule has 1 rings (SSSR count). The van der Waals surface area contributed by atoms with E-state index in [0.717, 1.165) is 6.07 Å². The normalized spacial score (nSPS) is 12.9. The SMILES string of the molecule is CC(C)NS(=O)(=O)c1ccccc1S(=O)(=O)Cl. The van der Waals surface area contributed by atoms with Gasteiger partial charge in [0.2, 0.25) is 10.0 Å². The van der Waals surface area contributed by atoms with Crippen molar-refractivity contribution in [2.45, 2.75) is 29.7 Å². The fraction of sp³-hybridized carbons (Fsp3) is 0.333. The van der Waals surface area contributed by atoms with Gasteiger partial charge >= 0.3 is 0 Å². The lowest BCUT2D eigenvalue weighted by Crippen LogP contribution is -2.31. The number of rotatable bonds is 4. The van der Waals surface area contributed by atoms with Crippen LogP contribution >= 0.6 is 10.7 Å². The van der Waals surface area contributed by atoms with Gasteiger partial charge in [-0.15, -0.1) is 0 Å². The first-order valence-corrected chi connectivity index (χ1v) is 8.50. The number of sulfonamides is 1. The summed E-state index contributed by atoms with van der Waals surface area (Å²) in [6, 6.07) is 4.84. The zero-order valence-electron chi connectivity index (χ0n) is 9.21. The maximum atomic E-state index is 11.9. The fourth-order valence-corrected chi connectivity index (χ4v) is 4.33. The Morgan fingerprint density at radius 2 is 1.53 bits per heavy atom. The quantitative estimate of drug-likeness (QED) is 0.850. The molecule has 0 unspecified atom stereocenters. The topological polar surface area (TPSA) is 80.3 Å². The van der Waals surface area contributed by atoms with Gasteiger partial charge in [-0.05, 0) is 26.0 Å². The third-order valence-corrected chi connectivity index (χ3v) is 5.02. The molecule has 1 aromatic rings. The van der Waals surface area contributed by atoms with E-state index >= 15 is 0 Å². The summed E-state index contributed by atoms with van der Waals surface area (Å²) in [5.41, 5.74) is 0. The van der Waals surface area contributed by atoms with Gasteiger partial charge in [-0.3, -0.25) is 0 Å². The Hall–Kier alpha value is -0.630. The predicted molar refractivity (Wildman–Crippen MR) is 64.9 cm³/mol. The second-order valence-corrected chi connectivity index (χ2v) is 7.88. The summed E-state index contributed by atoms with van der Waals surface area (Å²) in [6.45, 7) is 3.27. The maximum Gasteiger partial charge on any atom is 0.262 e. The van der Waals surface area contributed by atoms with Gasteiger partial charge in [-0.2, -0.15) is 0 Å². The van der Waals surface area contributed by atoms with Crippen molar-refractivity contribution in [1.82, 2.24) is 4.72 Å². The minimum absolute atomic E-state index is 0.342. The maximum absolute atomic E-state index is 11.9. The first kappa shape index (κ1) is 14.4. The lowest BCUT2D eigenvalue weighted by molar-refractivity contribution is 0.565. The highest BCUT2D eigenvalue weighted by Crippen LogP contribution is 2.23. The minimum atomic E-state index is -4.10. The van der Waals surface area contributed by atoms with Gasteiger partial charge in [0.05, 0.1) is 0 Å². The van der Waals surface area contributed by atoms with E-state index in [1.807, 2.05) is 0 Å². The Balaban J connectivity index is 3.43. The lowest BCUT2D eigenvalue weighted by Gasteiger charge is -2.11. The molecule has 17 heavy (non-hydrogen) atoms. The van der Waals surface area contributed by atoms with Crippen LogP contribution < -0.4 is 4.72 Å². The van der Waals surface area contributed by atoms with Crippen LogP contribution in [0.2, 0.25) is 0 Å². The molecule has 0 aliphatic carbocycles. The van der Waals surface area contributed by atoms with Crippen LogP contribution in [0.15, 0.2) is 34.1 Å². The van der Waals surface area contributed by atoms with Crippen LogP contribution in [0.1, 0.15) is 13.8 Å². The van der Waals surface area contributed by atoms with Crippen molar-refractivity contribution in [3.63, 3.8) is 0 Å². The highest BCUT2D eigenvalue weighted by atomic mass is 35.7. The van der Waals surface area contributed by atoms with E-state index in [1.165, 1.54) is 18.2 Å². The molecule has 0 aliphatic rings. The molecule has 96 valence electrons. The third-order valence-electron chi connectivity index (χ3n) is 1.79. The van der Waals surface area contributed by atoms with E-state index in [0.29, 0.717) is 0 Å². The van der Waals surface area contributed by atoms with Gasteiger partial charge in [-0.1, -0.05) is 12.1 Å². The van der Waals surface area contributed by atoms with Gasteiger partial charge in [0, 0.05) is 16.7 Å². The average molecular weight is 298 g/mol. The van der Waals surface area contributed by atoms with E-state index in [1.54, 1.807) is 13.8 Å². The van der Waals surface area contributed by atoms with Crippen molar-refractivity contribution < 1.29 is 16.8 Å². The molecule has 0 saturated carbocycles. The molecule has 0 radical (unpaired) electrons. The largest absolute Gasteiger partial charge is 0.262 e. The summed E-state index contributed by atoms with van der Waals surface area (Å²) < 4.78 is 48.6. The monoisotopic (exact) mass is 297 g/mol. The summed E-state index contributed by atoms with van der Waals surface area (Å²) >= 11 is 0. The third kappa shape index (κ3) is 3.67. The zero-order chi connectivity index (χ0) is 13.3. The van der Waals surface area contributed by atoms with Crippen molar-refractivity contribution in [3.05, 3.63) is 24.3 Å². The summed E-state index contributed by atoms with van der Waals surface area (Å²) in [7, 11) is -2.80. The Labute approximate surface area is 105 Å². The van der Waals surface area contributed by atoms with Crippen LogP contribution in [0.5, 0.6) is 0 Å². The van der Waals surface area contributed by atoms with E-state index in [2.05, 4.69) is 4.72 Å². The first-order valence-electron chi connectivity index (χ1n) is 4.70. The minimum Gasteiger partial charge on any atom is -0.209 e. The van der Waals surface area contributed by atoms with Crippen LogP contribution in [-0.2, 0) is 19.1 Å². The summed E-state index contributed by atoms with van der Waals surface area (Å²) in [6.07, 6.45) is 0. The van der Waals surface area contributed by atoms with Crippen molar-refractivity contribution >= 4 is 29.8 Å². The highest BCUT2D eigenvalue weighted by molar-refractivity contribution is 8.14. The van der Waals surface area contributed by atoms with Crippen LogP contribution in [0.4, 0.5) is 0 Å². The van der Waals surface area contributed by atoms with Crippen LogP contribution in [-0.4, -0.2) is 22.9 Å². The molecular weight excluding hydrogens is 286 g/mol. The number of benzene rings is 1. The van der Waals surface area contributed by atoms with Crippen molar-refractivity contribution in [3.8, 4) is 0 Å². The van der Waals surface area contributed by atoms with Crippen molar-refractivity contribution in [1.29, 1.82) is 0 Å². The Bertz CT molecular complexity index is 608. The van der Waals surface area contributed by atoms with Crippen LogP contribution in [0.25, 0.3) is 0 Å². The number of hydrogen-bond donors (Lipinski definition) is 1. The molecule has 0 aromatic heterocycles. The molecule has 1 N–H and O–H groups in total. The smallest absolute Gasteiger partial charge is 0.209 e. The molecule has 5 nitrogen and oxygen atoms in total. The molecule has 0 amide bonds. The second kappa shape index (κ2) is 4.93. The Kier molecular flexibility index (Phi) is 4.19. The molecular formula is C9H12ClNO4S2. The molecule has 0 spiro atoms. The first-order chi connectivity index (χ1) is 7.64. The van der Waals surface area contributed by atoms with E-state index in [4.69, 9.17) is 10.7 Å². The van der Waals surface area contributed by atoms with Crippen LogP contribution in [0, 0.1) is 0 Å². The van der Waals surface area contributed by atoms with Crippen molar-refractivity contribution in [2.24, 2.45) is 0 Å². The zero-order valence-corrected chi connectivity index (χ0v) is 11.6. The molecule has 0 atom stereocenters. The standard InChI is InChI=1S/C9H12ClNO4S2/c1-7(2)11-17(14,15)9-6-4-3-5-8(9)16(10,12)13/h3-7,11H,1-2H3. The van der Waals surface area contributed by atoms with Gasteiger partial charge in [0.15, 0.2) is 0 Å². The highest BCUT2D eigenvalue weighted by Gasteiger charge is 2.25.